The Labute approximate surface area is 175 Å². The van der Waals surface area contributed by atoms with Crippen LogP contribution < -0.4 is 5.32 Å². The second-order valence-corrected chi connectivity index (χ2v) is 7.26. The van der Waals surface area contributed by atoms with Crippen LogP contribution in [0.15, 0.2) is 67.0 Å². The predicted octanol–water partition coefficient (Wildman–Crippen LogP) is 2.76. The number of morpholine rings is 1. The molecule has 6 nitrogen and oxygen atoms in total. The lowest BCUT2D eigenvalue weighted by Gasteiger charge is -2.34. The van der Waals surface area contributed by atoms with Gasteiger partial charge in [-0.25, -0.2) is 4.39 Å². The van der Waals surface area contributed by atoms with E-state index in [2.05, 4.69) is 10.4 Å². The summed E-state index contributed by atoms with van der Waals surface area (Å²) in [6.45, 7) is 3.23. The Morgan fingerprint density at radius 1 is 1.07 bits per heavy atom. The summed E-state index contributed by atoms with van der Waals surface area (Å²) in [7, 11) is 0. The lowest BCUT2D eigenvalue weighted by molar-refractivity contribution is -0.128. The maximum absolute atomic E-state index is 14.5. The zero-order valence-electron chi connectivity index (χ0n) is 16.7. The fraction of sp³-hybridized carbons (Fsp3) is 0.304. The van der Waals surface area contributed by atoms with Gasteiger partial charge in [-0.15, -0.1) is 0 Å². The Balaban J connectivity index is 1.51. The fourth-order valence-electron chi connectivity index (χ4n) is 3.77. The molecule has 0 spiro atoms. The van der Waals surface area contributed by atoms with E-state index in [-0.39, 0.29) is 11.7 Å². The average molecular weight is 408 g/mol. The molecule has 7 heteroatoms. The molecular formula is C23H25FN4O2. The first-order valence-electron chi connectivity index (χ1n) is 10.1. The molecule has 2 aromatic carbocycles. The van der Waals surface area contributed by atoms with Crippen molar-refractivity contribution in [2.24, 2.45) is 0 Å². The molecule has 0 aliphatic carbocycles. The van der Waals surface area contributed by atoms with Crippen molar-refractivity contribution < 1.29 is 13.9 Å². The van der Waals surface area contributed by atoms with E-state index in [1.54, 1.807) is 24.4 Å². The minimum atomic E-state index is -0.687. The summed E-state index contributed by atoms with van der Waals surface area (Å²) in [5.41, 5.74) is 2.48. The maximum atomic E-state index is 14.5. The van der Waals surface area contributed by atoms with E-state index in [4.69, 9.17) is 4.74 Å². The van der Waals surface area contributed by atoms with E-state index in [9.17, 15) is 9.18 Å². The number of nitrogens with zero attached hydrogens (tertiary/aromatic N) is 3. The zero-order chi connectivity index (χ0) is 20.8. The first kappa shape index (κ1) is 20.3. The van der Waals surface area contributed by atoms with Gasteiger partial charge in [-0.2, -0.15) is 5.10 Å². The lowest BCUT2D eigenvalue weighted by atomic mass is 10.0. The largest absolute Gasteiger partial charge is 0.379 e. The third-order valence-electron chi connectivity index (χ3n) is 5.32. The Morgan fingerprint density at radius 3 is 2.53 bits per heavy atom. The molecule has 1 unspecified atom stereocenters. The van der Waals surface area contributed by atoms with E-state index in [0.29, 0.717) is 45.0 Å². The molecule has 1 amide bonds. The summed E-state index contributed by atoms with van der Waals surface area (Å²) in [6.07, 6.45) is 3.65. The minimum absolute atomic E-state index is 0.212. The number of nitrogens with one attached hydrogen (secondary N) is 1. The van der Waals surface area contributed by atoms with Crippen LogP contribution in [0.25, 0.3) is 0 Å². The summed E-state index contributed by atoms with van der Waals surface area (Å²) in [4.78, 5) is 15.2. The molecule has 156 valence electrons. The highest BCUT2D eigenvalue weighted by molar-refractivity contribution is 5.83. The quantitative estimate of drug-likeness (QED) is 0.653. The van der Waals surface area contributed by atoms with Gasteiger partial charge in [0.25, 0.3) is 0 Å². The van der Waals surface area contributed by atoms with E-state index < -0.39 is 6.04 Å². The second kappa shape index (κ2) is 9.65. The minimum Gasteiger partial charge on any atom is -0.379 e. The molecule has 1 atom stereocenters. The van der Waals surface area contributed by atoms with Gasteiger partial charge in [0, 0.05) is 37.6 Å². The van der Waals surface area contributed by atoms with Gasteiger partial charge in [0.05, 0.1) is 19.8 Å². The molecule has 1 fully saturated rings. The van der Waals surface area contributed by atoms with Crippen molar-refractivity contribution >= 4 is 5.91 Å². The van der Waals surface area contributed by atoms with Gasteiger partial charge >= 0.3 is 0 Å². The van der Waals surface area contributed by atoms with Crippen LogP contribution in [0, 0.1) is 5.82 Å². The SMILES string of the molecule is O=C(NCc1ccccc1Cn1cccn1)C(c1ccccc1F)N1CCOCC1. The van der Waals surface area contributed by atoms with Crippen molar-refractivity contribution in [3.63, 3.8) is 0 Å². The second-order valence-electron chi connectivity index (χ2n) is 7.26. The molecule has 0 radical (unpaired) electrons. The topological polar surface area (TPSA) is 59.4 Å². The number of halogens is 1. The van der Waals surface area contributed by atoms with Gasteiger partial charge in [0.2, 0.25) is 5.91 Å². The summed E-state index contributed by atoms with van der Waals surface area (Å²) < 4.78 is 21.8. The molecule has 0 saturated carbocycles. The smallest absolute Gasteiger partial charge is 0.242 e. The number of amides is 1. The van der Waals surface area contributed by atoms with E-state index in [1.807, 2.05) is 46.1 Å². The van der Waals surface area contributed by atoms with Crippen molar-refractivity contribution in [1.29, 1.82) is 0 Å². The molecule has 1 N–H and O–H groups in total. The first-order chi connectivity index (χ1) is 14.7. The van der Waals surface area contributed by atoms with Gasteiger partial charge in [-0.3, -0.25) is 14.4 Å². The van der Waals surface area contributed by atoms with Gasteiger partial charge in [0.1, 0.15) is 11.9 Å². The van der Waals surface area contributed by atoms with Crippen LogP contribution in [-0.2, 0) is 22.6 Å². The number of hydrogen-bond donors (Lipinski definition) is 1. The predicted molar refractivity (Wildman–Crippen MR) is 111 cm³/mol. The molecule has 1 saturated heterocycles. The Hall–Kier alpha value is -3.03. The van der Waals surface area contributed by atoms with Crippen LogP contribution >= 0.6 is 0 Å². The van der Waals surface area contributed by atoms with Gasteiger partial charge in [-0.1, -0.05) is 42.5 Å². The highest BCUT2D eigenvalue weighted by Gasteiger charge is 2.31. The van der Waals surface area contributed by atoms with Crippen LogP contribution in [-0.4, -0.2) is 46.9 Å². The Morgan fingerprint density at radius 2 is 1.80 bits per heavy atom. The maximum Gasteiger partial charge on any atom is 0.242 e. The summed E-state index contributed by atoms with van der Waals surface area (Å²) in [5, 5.41) is 7.28. The number of hydrogen-bond acceptors (Lipinski definition) is 4. The molecule has 3 aromatic rings. The van der Waals surface area contributed by atoms with Gasteiger partial charge < -0.3 is 10.1 Å². The van der Waals surface area contributed by atoms with Crippen molar-refractivity contribution in [3.05, 3.63) is 89.5 Å². The number of benzene rings is 2. The van der Waals surface area contributed by atoms with Crippen molar-refractivity contribution in [2.45, 2.75) is 19.1 Å². The molecule has 2 heterocycles. The van der Waals surface area contributed by atoms with E-state index in [1.165, 1.54) is 6.07 Å². The Bertz CT molecular complexity index is 971. The van der Waals surface area contributed by atoms with Crippen LogP contribution in [0.1, 0.15) is 22.7 Å². The number of aromatic nitrogens is 2. The number of carbonyl (C=O) groups is 1. The number of ether oxygens (including phenoxy) is 1. The third kappa shape index (κ3) is 4.75. The summed E-state index contributed by atoms with van der Waals surface area (Å²) in [6, 6.07) is 15.6. The molecule has 1 aliphatic rings. The summed E-state index contributed by atoms with van der Waals surface area (Å²) in [5.74, 6) is -0.584. The zero-order valence-corrected chi connectivity index (χ0v) is 16.7. The molecule has 1 aliphatic heterocycles. The van der Waals surface area contributed by atoms with Crippen molar-refractivity contribution in [3.8, 4) is 0 Å². The van der Waals surface area contributed by atoms with Crippen LogP contribution in [0.2, 0.25) is 0 Å². The number of carbonyl (C=O) groups excluding carboxylic acids is 1. The lowest BCUT2D eigenvalue weighted by Crippen LogP contribution is -2.46. The van der Waals surface area contributed by atoms with E-state index >= 15 is 0 Å². The number of rotatable bonds is 7. The van der Waals surface area contributed by atoms with E-state index in [0.717, 1.165) is 11.1 Å². The summed E-state index contributed by atoms with van der Waals surface area (Å²) >= 11 is 0. The highest BCUT2D eigenvalue weighted by atomic mass is 19.1. The first-order valence-corrected chi connectivity index (χ1v) is 10.1. The molecule has 1 aromatic heterocycles. The van der Waals surface area contributed by atoms with Gasteiger partial charge in [0.15, 0.2) is 0 Å². The van der Waals surface area contributed by atoms with Crippen LogP contribution in [0.4, 0.5) is 4.39 Å². The molecule has 30 heavy (non-hydrogen) atoms. The molecular weight excluding hydrogens is 383 g/mol. The van der Waals surface area contributed by atoms with Crippen molar-refractivity contribution in [1.82, 2.24) is 20.0 Å². The molecule has 0 bridgehead atoms. The van der Waals surface area contributed by atoms with Gasteiger partial charge in [-0.05, 0) is 23.3 Å². The normalized spacial score (nSPS) is 15.6. The van der Waals surface area contributed by atoms with Crippen molar-refractivity contribution in [2.75, 3.05) is 26.3 Å². The average Bonchev–Trinajstić information content (AvgIpc) is 3.29. The fourth-order valence-corrected chi connectivity index (χ4v) is 3.77. The third-order valence-corrected chi connectivity index (χ3v) is 5.32. The standard InChI is InChI=1S/C23H25FN4O2/c24-21-9-4-3-8-20(21)22(27-12-14-30-15-13-27)23(29)25-16-18-6-1-2-7-19(18)17-28-11-5-10-26-28/h1-11,22H,12-17H2,(H,25,29). The van der Waals surface area contributed by atoms with Crippen LogP contribution in [0.3, 0.4) is 0 Å². The Kier molecular flexibility index (Phi) is 6.51. The molecule has 4 rings (SSSR count). The van der Waals surface area contributed by atoms with Crippen LogP contribution in [0.5, 0.6) is 0 Å². The highest BCUT2D eigenvalue weighted by Crippen LogP contribution is 2.25. The monoisotopic (exact) mass is 408 g/mol.